The average molecular weight is 249 g/mol. The molecule has 0 N–H and O–H groups in total. The van der Waals surface area contributed by atoms with Crippen LogP contribution in [0.4, 0.5) is 0 Å². The fourth-order valence-electron chi connectivity index (χ4n) is 4.53. The summed E-state index contributed by atoms with van der Waals surface area (Å²) in [6.07, 6.45) is 10.3. The molecule has 1 spiro atoms. The monoisotopic (exact) mass is 249 g/mol. The number of nitrogens with zero attached hydrogens (tertiary/aromatic N) is 1. The van der Waals surface area contributed by atoms with Gasteiger partial charge in [-0.1, -0.05) is 19.8 Å². The molecule has 2 heteroatoms. The first-order valence-corrected chi connectivity index (χ1v) is 7.92. The maximum atomic E-state index is 12.0. The quantitative estimate of drug-likeness (QED) is 0.748. The Morgan fingerprint density at radius 1 is 1.28 bits per heavy atom. The fourth-order valence-corrected chi connectivity index (χ4v) is 4.53. The number of likely N-dealkylation sites (tertiary alicyclic amines) is 1. The molecule has 0 radical (unpaired) electrons. The Labute approximate surface area is 111 Å². The molecule has 2 unspecified atom stereocenters. The Kier molecular flexibility index (Phi) is 3.48. The van der Waals surface area contributed by atoms with E-state index in [1.807, 2.05) is 0 Å². The van der Waals surface area contributed by atoms with Crippen molar-refractivity contribution in [1.82, 2.24) is 4.90 Å². The predicted octanol–water partition coefficient (Wildman–Crippen LogP) is 3.26. The molecule has 2 atom stereocenters. The summed E-state index contributed by atoms with van der Waals surface area (Å²) < 4.78 is 0. The van der Waals surface area contributed by atoms with E-state index in [0.29, 0.717) is 17.1 Å². The van der Waals surface area contributed by atoms with Crippen molar-refractivity contribution in [3.05, 3.63) is 0 Å². The van der Waals surface area contributed by atoms with E-state index < -0.39 is 0 Å². The van der Waals surface area contributed by atoms with Gasteiger partial charge in [-0.3, -0.25) is 4.79 Å². The maximum Gasteiger partial charge on any atom is 0.137 e. The number of hydrogen-bond acceptors (Lipinski definition) is 2. The molecule has 18 heavy (non-hydrogen) atoms. The number of Topliss-reactive ketones (excluding diaryl/α,β-unsaturated/α-hetero) is 1. The van der Waals surface area contributed by atoms with Crippen molar-refractivity contribution in [3.8, 4) is 0 Å². The largest absolute Gasteiger partial charge is 0.302 e. The van der Waals surface area contributed by atoms with Crippen LogP contribution in [0.15, 0.2) is 0 Å². The van der Waals surface area contributed by atoms with Gasteiger partial charge in [-0.15, -0.1) is 0 Å². The molecule has 3 rings (SSSR count). The molecule has 3 fully saturated rings. The minimum absolute atomic E-state index is 0.352. The number of hydrogen-bond donors (Lipinski definition) is 0. The normalized spacial score (nSPS) is 36.6. The lowest BCUT2D eigenvalue weighted by molar-refractivity contribution is -0.126. The molecule has 0 amide bonds. The third-order valence-corrected chi connectivity index (χ3v) is 5.69. The zero-order valence-corrected chi connectivity index (χ0v) is 11.8. The van der Waals surface area contributed by atoms with E-state index in [2.05, 4.69) is 11.8 Å². The molecule has 1 aliphatic heterocycles. The SMILES string of the molecule is CC1CCC(=O)C(CN2CCC3(CCCC3)C2)C1. The zero-order valence-electron chi connectivity index (χ0n) is 11.8. The van der Waals surface area contributed by atoms with E-state index >= 15 is 0 Å². The van der Waals surface area contributed by atoms with Gasteiger partial charge in [-0.2, -0.15) is 0 Å². The molecule has 102 valence electrons. The Morgan fingerprint density at radius 3 is 2.83 bits per heavy atom. The topological polar surface area (TPSA) is 20.3 Å². The lowest BCUT2D eigenvalue weighted by Gasteiger charge is -2.30. The summed E-state index contributed by atoms with van der Waals surface area (Å²) in [5.74, 6) is 1.65. The van der Waals surface area contributed by atoms with E-state index in [1.54, 1.807) is 0 Å². The van der Waals surface area contributed by atoms with E-state index in [-0.39, 0.29) is 0 Å². The van der Waals surface area contributed by atoms with Crippen molar-refractivity contribution < 1.29 is 4.79 Å². The Morgan fingerprint density at radius 2 is 2.06 bits per heavy atom. The second-order valence-electron chi connectivity index (χ2n) is 7.24. The summed E-state index contributed by atoms with van der Waals surface area (Å²) in [5.41, 5.74) is 0.656. The van der Waals surface area contributed by atoms with Gasteiger partial charge in [0.1, 0.15) is 5.78 Å². The lowest BCUT2D eigenvalue weighted by atomic mass is 9.81. The van der Waals surface area contributed by atoms with Gasteiger partial charge in [0, 0.05) is 25.4 Å². The highest BCUT2D eigenvalue weighted by atomic mass is 16.1. The number of ketones is 1. The minimum Gasteiger partial charge on any atom is -0.302 e. The van der Waals surface area contributed by atoms with Gasteiger partial charge < -0.3 is 4.90 Å². The van der Waals surface area contributed by atoms with E-state index in [4.69, 9.17) is 0 Å². The van der Waals surface area contributed by atoms with Crippen molar-refractivity contribution in [2.75, 3.05) is 19.6 Å². The van der Waals surface area contributed by atoms with Crippen molar-refractivity contribution in [1.29, 1.82) is 0 Å². The summed E-state index contributed by atoms with van der Waals surface area (Å²) in [7, 11) is 0. The van der Waals surface area contributed by atoms with Crippen molar-refractivity contribution in [2.45, 2.75) is 58.3 Å². The average Bonchev–Trinajstić information content (AvgIpc) is 2.95. The molecule has 0 aromatic carbocycles. The van der Waals surface area contributed by atoms with Crippen LogP contribution in [0.1, 0.15) is 58.3 Å². The summed E-state index contributed by atoms with van der Waals surface area (Å²) in [6.45, 7) is 5.90. The van der Waals surface area contributed by atoms with E-state index in [1.165, 1.54) is 45.2 Å². The molecular formula is C16H27NO. The first kappa shape index (κ1) is 12.7. The van der Waals surface area contributed by atoms with Crippen molar-refractivity contribution in [3.63, 3.8) is 0 Å². The van der Waals surface area contributed by atoms with E-state index in [0.717, 1.165) is 31.7 Å². The smallest absolute Gasteiger partial charge is 0.137 e. The molecule has 0 aromatic heterocycles. The first-order chi connectivity index (χ1) is 8.67. The maximum absolute atomic E-state index is 12.0. The summed E-state index contributed by atoms with van der Waals surface area (Å²) in [6, 6.07) is 0. The van der Waals surface area contributed by atoms with Gasteiger partial charge in [0.05, 0.1) is 0 Å². The van der Waals surface area contributed by atoms with Crippen LogP contribution in [0, 0.1) is 17.3 Å². The van der Waals surface area contributed by atoms with E-state index in [9.17, 15) is 4.79 Å². The summed E-state index contributed by atoms with van der Waals surface area (Å²) in [4.78, 5) is 14.6. The van der Waals surface area contributed by atoms with Crippen LogP contribution >= 0.6 is 0 Å². The highest BCUT2D eigenvalue weighted by molar-refractivity contribution is 5.81. The van der Waals surface area contributed by atoms with Crippen LogP contribution in [0.25, 0.3) is 0 Å². The Hall–Kier alpha value is -0.370. The van der Waals surface area contributed by atoms with Gasteiger partial charge in [0.15, 0.2) is 0 Å². The molecule has 0 aromatic rings. The van der Waals surface area contributed by atoms with Crippen LogP contribution in [-0.4, -0.2) is 30.3 Å². The van der Waals surface area contributed by atoms with Gasteiger partial charge in [-0.05, 0) is 50.0 Å². The van der Waals surface area contributed by atoms with Crippen LogP contribution in [0.2, 0.25) is 0 Å². The van der Waals surface area contributed by atoms with Crippen LogP contribution in [-0.2, 0) is 4.79 Å². The van der Waals surface area contributed by atoms with Gasteiger partial charge >= 0.3 is 0 Å². The molecule has 1 heterocycles. The molecule has 0 bridgehead atoms. The van der Waals surface area contributed by atoms with Gasteiger partial charge in [0.25, 0.3) is 0 Å². The molecular weight excluding hydrogens is 222 g/mol. The number of rotatable bonds is 2. The third-order valence-electron chi connectivity index (χ3n) is 5.69. The molecule has 2 saturated carbocycles. The zero-order chi connectivity index (χ0) is 12.6. The summed E-state index contributed by atoms with van der Waals surface area (Å²) in [5, 5.41) is 0. The number of carbonyl (C=O) groups excluding carboxylic acids is 1. The predicted molar refractivity (Wildman–Crippen MR) is 73.5 cm³/mol. The van der Waals surface area contributed by atoms with Crippen LogP contribution < -0.4 is 0 Å². The van der Waals surface area contributed by atoms with Crippen LogP contribution in [0.5, 0.6) is 0 Å². The highest BCUT2D eigenvalue weighted by Gasteiger charge is 2.41. The van der Waals surface area contributed by atoms with Crippen LogP contribution in [0.3, 0.4) is 0 Å². The van der Waals surface area contributed by atoms with Gasteiger partial charge in [0.2, 0.25) is 0 Å². The van der Waals surface area contributed by atoms with Gasteiger partial charge in [-0.25, -0.2) is 0 Å². The lowest BCUT2D eigenvalue weighted by Crippen LogP contribution is -2.36. The summed E-state index contributed by atoms with van der Waals surface area (Å²) >= 11 is 0. The first-order valence-electron chi connectivity index (χ1n) is 7.92. The minimum atomic E-state index is 0.352. The second kappa shape index (κ2) is 4.96. The standard InChI is InChI=1S/C16H27NO/c1-13-4-5-15(18)14(10-13)11-17-9-8-16(12-17)6-2-3-7-16/h13-14H,2-12H2,1H3. The highest BCUT2D eigenvalue weighted by Crippen LogP contribution is 2.45. The molecule has 2 nitrogen and oxygen atoms in total. The van der Waals surface area contributed by atoms with Crippen molar-refractivity contribution >= 4 is 5.78 Å². The Bertz CT molecular complexity index is 319. The number of carbonyl (C=O) groups is 1. The third kappa shape index (κ3) is 2.49. The molecule has 3 aliphatic rings. The Balaban J connectivity index is 1.55. The second-order valence-corrected chi connectivity index (χ2v) is 7.24. The molecule has 2 aliphatic carbocycles. The molecule has 1 saturated heterocycles. The fraction of sp³-hybridized carbons (Fsp3) is 0.938. The van der Waals surface area contributed by atoms with Crippen molar-refractivity contribution in [2.24, 2.45) is 17.3 Å².